The molecule has 3 aromatic rings. The van der Waals surface area contributed by atoms with Gasteiger partial charge in [0.2, 0.25) is 0 Å². The molecular formula is C34H41F3N4O2. The molecule has 9 heteroatoms. The molecule has 1 aliphatic carbocycles. The van der Waals surface area contributed by atoms with E-state index in [-0.39, 0.29) is 17.9 Å². The molecule has 1 N–H and O–H groups in total. The van der Waals surface area contributed by atoms with Crippen molar-refractivity contribution in [3.63, 3.8) is 0 Å². The van der Waals surface area contributed by atoms with E-state index in [1.807, 2.05) is 25.4 Å². The fourth-order valence-electron chi connectivity index (χ4n) is 6.20. The average molecular weight is 595 g/mol. The molecule has 1 aliphatic rings. The molecule has 1 heterocycles. The van der Waals surface area contributed by atoms with Crippen LogP contribution in [0, 0.1) is 11.3 Å². The fourth-order valence-corrected chi connectivity index (χ4v) is 6.20. The van der Waals surface area contributed by atoms with Crippen molar-refractivity contribution in [1.82, 2.24) is 9.78 Å². The number of aliphatic carboxylic acids is 1. The molecule has 6 nitrogen and oxygen atoms in total. The van der Waals surface area contributed by atoms with Crippen LogP contribution in [0.15, 0.2) is 42.6 Å². The van der Waals surface area contributed by atoms with E-state index in [4.69, 9.17) is 10.2 Å². The standard InChI is InChI=1S/C34H41F3N4O2/c1-3-41(15-7-6-13-33(42)43)32-22-27-11-5-4-10-26(27)20-29(32)21-28(31-14-16-40(2)39-31)12-8-9-24-17-25(23-38)19-30(18-24)34(35,36)37/h14,16-20,22,28H,3-13,15,21H2,1-2H3,(H,42,43). The highest BCUT2D eigenvalue weighted by Gasteiger charge is 2.31. The van der Waals surface area contributed by atoms with E-state index in [0.29, 0.717) is 24.8 Å². The zero-order chi connectivity index (χ0) is 31.0. The highest BCUT2D eigenvalue weighted by atomic mass is 19.4. The number of carboxylic acid groups (broad SMARTS) is 1. The molecule has 1 aromatic heterocycles. The van der Waals surface area contributed by atoms with Crippen molar-refractivity contribution in [3.05, 3.63) is 81.7 Å². The minimum Gasteiger partial charge on any atom is -0.481 e. The summed E-state index contributed by atoms with van der Waals surface area (Å²) in [6.07, 6.45) is 6.04. The lowest BCUT2D eigenvalue weighted by molar-refractivity contribution is -0.138. The van der Waals surface area contributed by atoms with Crippen LogP contribution in [0.25, 0.3) is 0 Å². The van der Waals surface area contributed by atoms with Crippen LogP contribution in [0.4, 0.5) is 18.9 Å². The predicted molar refractivity (Wildman–Crippen MR) is 161 cm³/mol. The molecular weight excluding hydrogens is 553 g/mol. The van der Waals surface area contributed by atoms with Crippen LogP contribution in [0.2, 0.25) is 0 Å². The third-order valence-electron chi connectivity index (χ3n) is 8.42. The Balaban J connectivity index is 1.59. The summed E-state index contributed by atoms with van der Waals surface area (Å²) in [5.41, 5.74) is 5.91. The maximum Gasteiger partial charge on any atom is 0.416 e. The second kappa shape index (κ2) is 14.6. The van der Waals surface area contributed by atoms with Gasteiger partial charge in [0.25, 0.3) is 0 Å². The van der Waals surface area contributed by atoms with Crippen molar-refractivity contribution < 1.29 is 23.1 Å². The monoisotopic (exact) mass is 594 g/mol. The number of rotatable bonds is 14. The number of carboxylic acids is 1. The van der Waals surface area contributed by atoms with Crippen molar-refractivity contribution in [3.8, 4) is 6.07 Å². The van der Waals surface area contributed by atoms with E-state index < -0.39 is 17.7 Å². The number of nitriles is 1. The fraction of sp³-hybridized carbons (Fsp3) is 0.500. The Bertz CT molecular complexity index is 1440. The molecule has 230 valence electrons. The van der Waals surface area contributed by atoms with E-state index in [0.717, 1.165) is 63.0 Å². The summed E-state index contributed by atoms with van der Waals surface area (Å²) in [6, 6.07) is 12.2. The Morgan fingerprint density at radius 1 is 1.12 bits per heavy atom. The van der Waals surface area contributed by atoms with Gasteiger partial charge >= 0.3 is 12.1 Å². The lowest BCUT2D eigenvalue weighted by atomic mass is 9.85. The van der Waals surface area contributed by atoms with Crippen LogP contribution < -0.4 is 4.90 Å². The van der Waals surface area contributed by atoms with Gasteiger partial charge in [-0.15, -0.1) is 0 Å². The molecule has 4 rings (SSSR count). The quantitative estimate of drug-likeness (QED) is 0.194. The molecule has 0 amide bonds. The molecule has 0 saturated carbocycles. The number of unbranched alkanes of at least 4 members (excludes halogenated alkanes) is 1. The summed E-state index contributed by atoms with van der Waals surface area (Å²) in [6.45, 7) is 3.71. The van der Waals surface area contributed by atoms with Gasteiger partial charge in [-0.3, -0.25) is 9.48 Å². The topological polar surface area (TPSA) is 82.2 Å². The first-order chi connectivity index (χ1) is 20.6. The molecule has 0 fully saturated rings. The molecule has 0 aliphatic heterocycles. The number of carbonyl (C=O) groups is 1. The number of hydrogen-bond donors (Lipinski definition) is 1. The van der Waals surface area contributed by atoms with Crippen LogP contribution in [-0.2, 0) is 43.7 Å². The van der Waals surface area contributed by atoms with Gasteiger partial charge in [-0.25, -0.2) is 0 Å². The maximum absolute atomic E-state index is 13.4. The summed E-state index contributed by atoms with van der Waals surface area (Å²) in [5.74, 6) is -0.710. The van der Waals surface area contributed by atoms with Crippen LogP contribution in [0.5, 0.6) is 0 Å². The summed E-state index contributed by atoms with van der Waals surface area (Å²) in [4.78, 5) is 13.4. The van der Waals surface area contributed by atoms with E-state index >= 15 is 0 Å². The van der Waals surface area contributed by atoms with Crippen molar-refractivity contribution in [2.24, 2.45) is 7.05 Å². The third-order valence-corrected chi connectivity index (χ3v) is 8.42. The number of aryl methyl sites for hydroxylation is 4. The Kier molecular flexibility index (Phi) is 10.9. The number of benzene rings is 2. The average Bonchev–Trinajstić information content (AvgIpc) is 3.41. The van der Waals surface area contributed by atoms with Crippen molar-refractivity contribution in [1.29, 1.82) is 5.26 Å². The maximum atomic E-state index is 13.4. The number of aromatic nitrogens is 2. The molecule has 1 unspecified atom stereocenters. The normalized spacial score (nSPS) is 13.8. The molecule has 0 radical (unpaired) electrons. The molecule has 0 spiro atoms. The first-order valence-corrected chi connectivity index (χ1v) is 15.3. The summed E-state index contributed by atoms with van der Waals surface area (Å²) >= 11 is 0. The number of fused-ring (bicyclic) bond motifs is 1. The minimum atomic E-state index is -4.50. The zero-order valence-corrected chi connectivity index (χ0v) is 25.1. The number of anilines is 1. The van der Waals surface area contributed by atoms with Crippen LogP contribution in [-0.4, -0.2) is 33.9 Å². The van der Waals surface area contributed by atoms with Gasteiger partial charge in [0.15, 0.2) is 0 Å². The molecule has 0 saturated heterocycles. The van der Waals surface area contributed by atoms with Gasteiger partial charge in [0, 0.05) is 44.4 Å². The van der Waals surface area contributed by atoms with Gasteiger partial charge in [-0.2, -0.15) is 23.5 Å². The second-order valence-electron chi connectivity index (χ2n) is 11.6. The van der Waals surface area contributed by atoms with E-state index in [1.54, 1.807) is 10.7 Å². The molecule has 2 aromatic carbocycles. The molecule has 1 atom stereocenters. The number of alkyl halides is 3. The Hall–Kier alpha value is -3.80. The number of hydrogen-bond acceptors (Lipinski definition) is 4. The van der Waals surface area contributed by atoms with Crippen LogP contribution >= 0.6 is 0 Å². The third kappa shape index (κ3) is 8.85. The minimum absolute atomic E-state index is 0.0211. The van der Waals surface area contributed by atoms with Gasteiger partial charge < -0.3 is 10.0 Å². The smallest absolute Gasteiger partial charge is 0.416 e. The lowest BCUT2D eigenvalue weighted by Crippen LogP contribution is -2.26. The van der Waals surface area contributed by atoms with E-state index in [2.05, 4.69) is 24.0 Å². The summed E-state index contributed by atoms with van der Waals surface area (Å²) in [7, 11) is 1.88. The van der Waals surface area contributed by atoms with Crippen molar-refractivity contribution in [2.45, 2.75) is 89.6 Å². The lowest BCUT2D eigenvalue weighted by Gasteiger charge is -2.30. The Labute approximate surface area is 252 Å². The highest BCUT2D eigenvalue weighted by molar-refractivity contribution is 5.66. The van der Waals surface area contributed by atoms with E-state index in [9.17, 15) is 23.2 Å². The van der Waals surface area contributed by atoms with Crippen molar-refractivity contribution in [2.75, 3.05) is 18.0 Å². The summed E-state index contributed by atoms with van der Waals surface area (Å²) < 4.78 is 42.1. The summed E-state index contributed by atoms with van der Waals surface area (Å²) in [5, 5.41) is 23.1. The molecule has 43 heavy (non-hydrogen) atoms. The largest absolute Gasteiger partial charge is 0.481 e. The number of halogens is 3. The van der Waals surface area contributed by atoms with Gasteiger partial charge in [0.05, 0.1) is 22.9 Å². The second-order valence-corrected chi connectivity index (χ2v) is 11.6. The Morgan fingerprint density at radius 3 is 2.49 bits per heavy atom. The SMILES string of the molecule is CCN(CCCCC(=O)O)c1cc2c(cc1CC(CCCc1cc(C#N)cc(C(F)(F)F)c1)c1ccn(C)n1)CCCC2. The van der Waals surface area contributed by atoms with Gasteiger partial charge in [-0.05, 0) is 124 Å². The molecule has 0 bridgehead atoms. The van der Waals surface area contributed by atoms with Crippen LogP contribution in [0.1, 0.15) is 96.9 Å². The zero-order valence-electron chi connectivity index (χ0n) is 25.1. The first kappa shape index (κ1) is 32.1. The van der Waals surface area contributed by atoms with Gasteiger partial charge in [0.1, 0.15) is 0 Å². The van der Waals surface area contributed by atoms with Gasteiger partial charge in [-0.1, -0.05) is 6.07 Å². The van der Waals surface area contributed by atoms with E-state index in [1.165, 1.54) is 35.2 Å². The van der Waals surface area contributed by atoms with Crippen molar-refractivity contribution >= 4 is 11.7 Å². The first-order valence-electron chi connectivity index (χ1n) is 15.3. The predicted octanol–water partition coefficient (Wildman–Crippen LogP) is 7.62. The highest BCUT2D eigenvalue weighted by Crippen LogP contribution is 2.36. The van der Waals surface area contributed by atoms with Crippen LogP contribution in [0.3, 0.4) is 0 Å². The Morgan fingerprint density at radius 2 is 1.86 bits per heavy atom. The number of nitrogens with zero attached hydrogens (tertiary/aromatic N) is 4.